The number of hydrogen-bond donors (Lipinski definition) is 1. The molecular weight excluding hydrogens is 224 g/mol. The van der Waals surface area contributed by atoms with Crippen LogP contribution in [0.2, 0.25) is 0 Å². The highest BCUT2D eigenvalue weighted by atomic mass is 32.2. The molecule has 0 spiro atoms. The monoisotopic (exact) mass is 236 g/mol. The van der Waals surface area contributed by atoms with Crippen molar-refractivity contribution in [2.75, 3.05) is 26.0 Å². The number of hydrogen-bond acceptors (Lipinski definition) is 5. The number of sulfonamides is 1. The highest BCUT2D eigenvalue weighted by Gasteiger charge is 2.15. The van der Waals surface area contributed by atoms with Crippen LogP contribution in [0.15, 0.2) is 5.11 Å². The van der Waals surface area contributed by atoms with Crippen molar-refractivity contribution < 1.29 is 17.9 Å². The Hall–Kier alpha value is -1.31. The Morgan fingerprint density at radius 2 is 2.27 bits per heavy atom. The number of azide groups is 1. The van der Waals surface area contributed by atoms with Crippen molar-refractivity contribution in [3.8, 4) is 0 Å². The summed E-state index contributed by atoms with van der Waals surface area (Å²) in [5.74, 6) is -1.53. The molecule has 0 radical (unpaired) electrons. The number of carbonyl (C=O) groups is 1. The van der Waals surface area contributed by atoms with Crippen LogP contribution in [-0.2, 0) is 19.6 Å². The molecule has 0 aromatic carbocycles. The van der Waals surface area contributed by atoms with Crippen molar-refractivity contribution in [3.05, 3.63) is 10.4 Å². The van der Waals surface area contributed by atoms with Gasteiger partial charge in [-0.3, -0.25) is 4.79 Å². The summed E-state index contributed by atoms with van der Waals surface area (Å²) in [5.41, 5.74) is 7.93. The third-order valence-corrected chi connectivity index (χ3v) is 2.62. The summed E-state index contributed by atoms with van der Waals surface area (Å²) < 4.78 is 28.6. The molecule has 0 aromatic heterocycles. The van der Waals surface area contributed by atoms with Crippen LogP contribution in [0.5, 0.6) is 0 Å². The second-order valence-electron chi connectivity index (χ2n) is 2.54. The Morgan fingerprint density at radius 1 is 1.60 bits per heavy atom. The van der Waals surface area contributed by atoms with Crippen LogP contribution in [0, 0.1) is 0 Å². The van der Waals surface area contributed by atoms with Crippen LogP contribution in [0.1, 0.15) is 6.42 Å². The summed E-state index contributed by atoms with van der Waals surface area (Å²) in [6, 6.07) is 0. The van der Waals surface area contributed by atoms with Crippen molar-refractivity contribution in [1.82, 2.24) is 4.72 Å². The van der Waals surface area contributed by atoms with Gasteiger partial charge in [-0.15, -0.1) is 0 Å². The maximum Gasteiger partial charge on any atom is 0.322 e. The molecular formula is C6H12N4O4S. The molecule has 0 unspecified atom stereocenters. The third kappa shape index (κ3) is 7.74. The summed E-state index contributed by atoms with van der Waals surface area (Å²) in [7, 11) is -2.53. The van der Waals surface area contributed by atoms with Gasteiger partial charge in [-0.2, -0.15) is 0 Å². The fourth-order valence-electron chi connectivity index (χ4n) is 0.687. The van der Waals surface area contributed by atoms with Gasteiger partial charge in [0.15, 0.2) is 5.75 Å². The number of nitrogens with zero attached hydrogens (tertiary/aromatic N) is 3. The van der Waals surface area contributed by atoms with Crippen LogP contribution in [-0.4, -0.2) is 40.3 Å². The lowest BCUT2D eigenvalue weighted by molar-refractivity contribution is -0.137. The Balaban J connectivity index is 3.84. The first kappa shape index (κ1) is 13.7. The molecule has 0 aliphatic rings. The molecule has 0 aliphatic heterocycles. The van der Waals surface area contributed by atoms with Gasteiger partial charge in [0.05, 0.1) is 7.11 Å². The molecule has 1 N–H and O–H groups in total. The number of nitrogens with one attached hydrogen (secondary N) is 1. The molecule has 8 nitrogen and oxygen atoms in total. The first-order chi connectivity index (χ1) is 7.02. The standard InChI is InChI=1S/C6H12N4O4S/c1-14-6(11)5-15(12,13)9-4-2-3-8-10-7/h9H,2-5H2,1H3. The minimum Gasteiger partial charge on any atom is -0.468 e. The summed E-state index contributed by atoms with van der Waals surface area (Å²) in [6.07, 6.45) is 0.379. The molecule has 86 valence electrons. The molecule has 0 saturated carbocycles. The van der Waals surface area contributed by atoms with Gasteiger partial charge in [0.2, 0.25) is 10.0 Å². The van der Waals surface area contributed by atoms with Crippen LogP contribution in [0.4, 0.5) is 0 Å². The minimum absolute atomic E-state index is 0.123. The van der Waals surface area contributed by atoms with Crippen molar-refractivity contribution >= 4 is 16.0 Å². The maximum absolute atomic E-state index is 11.1. The van der Waals surface area contributed by atoms with Crippen LogP contribution in [0.25, 0.3) is 10.4 Å². The predicted octanol–water partition coefficient (Wildman–Crippen LogP) is -0.221. The van der Waals surface area contributed by atoms with Crippen molar-refractivity contribution in [1.29, 1.82) is 0 Å². The topological polar surface area (TPSA) is 121 Å². The molecule has 0 rings (SSSR count). The Morgan fingerprint density at radius 3 is 2.80 bits per heavy atom. The van der Waals surface area contributed by atoms with Gasteiger partial charge < -0.3 is 4.74 Å². The Kier molecular flexibility index (Phi) is 6.43. The molecule has 0 amide bonds. The van der Waals surface area contributed by atoms with E-state index in [4.69, 9.17) is 5.53 Å². The molecule has 15 heavy (non-hydrogen) atoms. The van der Waals surface area contributed by atoms with E-state index >= 15 is 0 Å². The van der Waals surface area contributed by atoms with Crippen molar-refractivity contribution in [2.45, 2.75) is 6.42 Å². The quantitative estimate of drug-likeness (QED) is 0.216. The zero-order valence-corrected chi connectivity index (χ0v) is 9.03. The average molecular weight is 236 g/mol. The van der Waals surface area contributed by atoms with Gasteiger partial charge in [0.1, 0.15) is 0 Å². The lowest BCUT2D eigenvalue weighted by Crippen LogP contribution is -2.31. The van der Waals surface area contributed by atoms with Gasteiger partial charge >= 0.3 is 5.97 Å². The van der Waals surface area contributed by atoms with E-state index in [0.29, 0.717) is 6.42 Å². The average Bonchev–Trinajstić information content (AvgIpc) is 2.16. The molecule has 0 heterocycles. The number of methoxy groups -OCH3 is 1. The molecule has 9 heteroatoms. The molecule has 0 fully saturated rings. The summed E-state index contributed by atoms with van der Waals surface area (Å²) in [4.78, 5) is 13.2. The SMILES string of the molecule is COC(=O)CS(=O)(=O)NCCCN=[N+]=[N-]. The van der Waals surface area contributed by atoms with Crippen molar-refractivity contribution in [3.63, 3.8) is 0 Å². The maximum atomic E-state index is 11.1. The predicted molar refractivity (Wildman–Crippen MR) is 52.4 cm³/mol. The van der Waals surface area contributed by atoms with E-state index in [2.05, 4.69) is 19.5 Å². The van der Waals surface area contributed by atoms with E-state index in [9.17, 15) is 13.2 Å². The second-order valence-corrected chi connectivity index (χ2v) is 4.34. The smallest absolute Gasteiger partial charge is 0.322 e. The first-order valence-corrected chi connectivity index (χ1v) is 5.72. The van der Waals surface area contributed by atoms with Gasteiger partial charge in [-0.05, 0) is 12.0 Å². The van der Waals surface area contributed by atoms with Gasteiger partial charge in [-0.1, -0.05) is 5.11 Å². The van der Waals surface area contributed by atoms with E-state index in [0.717, 1.165) is 7.11 Å². The minimum atomic E-state index is -3.64. The summed E-state index contributed by atoms with van der Waals surface area (Å²) >= 11 is 0. The fraction of sp³-hybridized carbons (Fsp3) is 0.833. The van der Waals surface area contributed by atoms with E-state index in [1.165, 1.54) is 0 Å². The highest BCUT2D eigenvalue weighted by Crippen LogP contribution is 1.88. The third-order valence-electron chi connectivity index (χ3n) is 1.36. The zero-order chi connectivity index (χ0) is 11.7. The fourth-order valence-corrected chi connectivity index (χ4v) is 1.67. The van der Waals surface area contributed by atoms with Crippen LogP contribution in [0.3, 0.4) is 0 Å². The first-order valence-electron chi connectivity index (χ1n) is 4.07. The summed E-state index contributed by atoms with van der Waals surface area (Å²) in [5, 5.41) is 3.22. The molecule has 0 aliphatic carbocycles. The Labute approximate surface area is 87.3 Å². The van der Waals surface area contributed by atoms with Gasteiger partial charge in [-0.25, -0.2) is 13.1 Å². The lowest BCUT2D eigenvalue weighted by atomic mass is 10.4. The number of esters is 1. The lowest BCUT2D eigenvalue weighted by Gasteiger charge is -2.03. The molecule has 0 saturated heterocycles. The Bertz CT molecular complexity index is 346. The second kappa shape index (κ2) is 7.04. The van der Waals surface area contributed by atoms with Crippen LogP contribution < -0.4 is 4.72 Å². The zero-order valence-electron chi connectivity index (χ0n) is 8.21. The van der Waals surface area contributed by atoms with E-state index in [-0.39, 0.29) is 13.1 Å². The van der Waals surface area contributed by atoms with E-state index in [1.54, 1.807) is 0 Å². The summed E-state index contributed by atoms with van der Waals surface area (Å²) in [6.45, 7) is 0.329. The highest BCUT2D eigenvalue weighted by molar-refractivity contribution is 7.90. The normalized spacial score (nSPS) is 10.5. The van der Waals surface area contributed by atoms with E-state index < -0.39 is 21.7 Å². The molecule has 0 bridgehead atoms. The number of rotatable bonds is 7. The molecule has 0 aromatic rings. The molecule has 0 atom stereocenters. The van der Waals surface area contributed by atoms with Crippen molar-refractivity contribution in [2.24, 2.45) is 5.11 Å². The largest absolute Gasteiger partial charge is 0.468 e. The number of carbonyl (C=O) groups excluding carboxylic acids is 1. The van der Waals surface area contributed by atoms with Gasteiger partial charge in [0.25, 0.3) is 0 Å². The van der Waals surface area contributed by atoms with Gasteiger partial charge in [0, 0.05) is 18.0 Å². The number of ether oxygens (including phenoxy) is 1. The van der Waals surface area contributed by atoms with Crippen LogP contribution >= 0.6 is 0 Å². The van der Waals surface area contributed by atoms with E-state index in [1.807, 2.05) is 0 Å².